The van der Waals surface area contributed by atoms with Gasteiger partial charge in [-0.25, -0.2) is 0 Å². The first-order valence-electron chi connectivity index (χ1n) is 20.4. The molecule has 6 N–H and O–H groups in total. The number of aliphatic hydroxyl groups is 5. The second-order valence-electron chi connectivity index (χ2n) is 18.3. The molecule has 4 aliphatic rings. The normalized spacial score (nSPS) is 49.9. The van der Waals surface area contributed by atoms with E-state index in [0.717, 1.165) is 13.1 Å². The Balaban J connectivity index is 1.79. The maximum absolute atomic E-state index is 14.3. The van der Waals surface area contributed by atoms with E-state index in [2.05, 4.69) is 10.2 Å². The smallest absolute Gasteiger partial charge is 0.311 e. The summed E-state index contributed by atoms with van der Waals surface area (Å²) in [6.45, 7) is 20.1. The predicted molar refractivity (Wildman–Crippen MR) is 205 cm³/mol. The minimum absolute atomic E-state index is 0.122. The number of likely N-dealkylation sites (N-methyl/N-ethyl adjacent to an activating group) is 1. The summed E-state index contributed by atoms with van der Waals surface area (Å²) >= 11 is 0. The van der Waals surface area contributed by atoms with Crippen molar-refractivity contribution in [2.45, 2.75) is 185 Å². The van der Waals surface area contributed by atoms with Gasteiger partial charge in [0.25, 0.3) is 0 Å². The Kier molecular flexibility index (Phi) is 15.3. The van der Waals surface area contributed by atoms with Crippen molar-refractivity contribution in [2.75, 3.05) is 47.4 Å². The molecule has 4 rings (SSSR count). The van der Waals surface area contributed by atoms with E-state index in [-0.39, 0.29) is 37.3 Å². The van der Waals surface area contributed by atoms with Crippen LogP contribution in [0.1, 0.15) is 94.9 Å². The number of carbonyl (C=O) groups excluding carboxylic acids is 1. The molecule has 322 valence electrons. The molecule has 15 heteroatoms. The highest BCUT2D eigenvalue weighted by Gasteiger charge is 2.59. The number of nitrogens with one attached hydrogen (secondary N) is 1. The molecule has 0 saturated carbocycles. The highest BCUT2D eigenvalue weighted by molar-refractivity contribution is 5.73. The number of rotatable bonds is 9. The molecule has 0 spiro atoms. The van der Waals surface area contributed by atoms with Crippen molar-refractivity contribution in [3.63, 3.8) is 0 Å². The predicted octanol–water partition coefficient (Wildman–Crippen LogP) is 1.24. The number of esters is 1. The Morgan fingerprint density at radius 2 is 1.60 bits per heavy atom. The van der Waals surface area contributed by atoms with Crippen LogP contribution in [-0.2, 0) is 33.2 Å². The molecule has 4 aliphatic heterocycles. The zero-order valence-corrected chi connectivity index (χ0v) is 35.7. The lowest BCUT2D eigenvalue weighted by Gasteiger charge is -2.54. The van der Waals surface area contributed by atoms with E-state index in [4.69, 9.17) is 28.4 Å². The van der Waals surface area contributed by atoms with Crippen molar-refractivity contribution in [2.24, 2.45) is 17.8 Å². The second-order valence-corrected chi connectivity index (χ2v) is 18.3. The van der Waals surface area contributed by atoms with Crippen molar-refractivity contribution in [1.29, 1.82) is 0 Å². The fourth-order valence-corrected chi connectivity index (χ4v) is 9.29. The van der Waals surface area contributed by atoms with Gasteiger partial charge in [-0.1, -0.05) is 20.8 Å². The van der Waals surface area contributed by atoms with Gasteiger partial charge in [0.1, 0.15) is 35.1 Å². The zero-order valence-electron chi connectivity index (χ0n) is 35.7. The summed E-state index contributed by atoms with van der Waals surface area (Å²) in [5.74, 6) is -2.63. The number of hydrogen-bond acceptors (Lipinski definition) is 15. The number of methoxy groups -OCH3 is 1. The van der Waals surface area contributed by atoms with Gasteiger partial charge in [0.05, 0.1) is 35.9 Å². The van der Waals surface area contributed by atoms with Crippen LogP contribution < -0.4 is 5.32 Å². The number of cyclic esters (lactones) is 1. The molecular weight excluding hydrogens is 714 g/mol. The van der Waals surface area contributed by atoms with Crippen LogP contribution >= 0.6 is 0 Å². The molecule has 15 nitrogen and oxygen atoms in total. The molecule has 4 saturated heterocycles. The molecular formula is C40H75N3O12. The largest absolute Gasteiger partial charge is 0.459 e. The molecule has 0 bridgehead atoms. The first kappa shape index (κ1) is 46.6. The fourth-order valence-electron chi connectivity index (χ4n) is 9.29. The molecule has 4 heterocycles. The van der Waals surface area contributed by atoms with Crippen LogP contribution in [0, 0.1) is 17.8 Å². The Hall–Kier alpha value is -1.05. The molecule has 0 aliphatic carbocycles. The third kappa shape index (κ3) is 10.2. The molecule has 0 aromatic rings. The number of aliphatic hydroxyl groups excluding tert-OH is 2. The van der Waals surface area contributed by atoms with E-state index < -0.39 is 95.5 Å². The molecule has 18 atom stereocenters. The summed E-state index contributed by atoms with van der Waals surface area (Å²) in [6, 6.07) is -0.868. The third-order valence-electron chi connectivity index (χ3n) is 13.2. The van der Waals surface area contributed by atoms with Gasteiger partial charge in [-0.05, 0) is 94.3 Å². The van der Waals surface area contributed by atoms with Crippen LogP contribution in [0.15, 0.2) is 0 Å². The summed E-state index contributed by atoms with van der Waals surface area (Å²) in [7, 11) is 5.33. The van der Waals surface area contributed by atoms with Crippen molar-refractivity contribution in [3.8, 4) is 0 Å². The average Bonchev–Trinajstić information content (AvgIpc) is 3.92. The number of β-amino-alcohol motifs (C(OH)–C–C–N with tert-alkyl or cyclic N) is 1. The third-order valence-corrected chi connectivity index (χ3v) is 13.2. The second kappa shape index (κ2) is 18.1. The number of ether oxygens (including phenoxy) is 6. The minimum atomic E-state index is -1.81. The lowest BCUT2D eigenvalue weighted by Crippen LogP contribution is -2.69. The number of carbonyl (C=O) groups is 1. The van der Waals surface area contributed by atoms with Crippen LogP contribution in [-0.4, -0.2) is 178 Å². The summed E-state index contributed by atoms with van der Waals surface area (Å²) in [4.78, 5) is 18.3. The van der Waals surface area contributed by atoms with Crippen molar-refractivity contribution in [3.05, 3.63) is 0 Å². The molecule has 0 amide bonds. The quantitative estimate of drug-likeness (QED) is 0.144. The van der Waals surface area contributed by atoms with Gasteiger partial charge >= 0.3 is 5.97 Å². The van der Waals surface area contributed by atoms with E-state index in [1.807, 2.05) is 46.7 Å². The molecule has 4 fully saturated rings. The summed E-state index contributed by atoms with van der Waals surface area (Å²) < 4.78 is 38.3. The van der Waals surface area contributed by atoms with Crippen LogP contribution in [0.25, 0.3) is 0 Å². The van der Waals surface area contributed by atoms with Gasteiger partial charge in [-0.15, -0.1) is 0 Å². The van der Waals surface area contributed by atoms with Crippen molar-refractivity contribution in [1.82, 2.24) is 15.1 Å². The Labute approximate surface area is 329 Å². The van der Waals surface area contributed by atoms with Crippen LogP contribution in [0.4, 0.5) is 0 Å². The van der Waals surface area contributed by atoms with E-state index in [1.54, 1.807) is 41.7 Å². The Bertz CT molecular complexity index is 1260. The van der Waals surface area contributed by atoms with Gasteiger partial charge in [0, 0.05) is 51.2 Å². The summed E-state index contributed by atoms with van der Waals surface area (Å²) in [5, 5.41) is 62.5. The SMILES string of the molecule is CC[C@H]1OC(=O)[C@H](C)[C@@H](O[C@H]2C[C@@](C)(OC)[C@@](O)(CN3CC3)[C@H](C)O2)[C@H](C)[C@@H](O[C@@H]2O[C@H](C)C[C@H](N(C)C)[C@H]2O)[C@@](C)(O)C[C@@H](C)CN[C@H](C)[C@@H](O)[C@]1(C)O. The minimum Gasteiger partial charge on any atom is -0.459 e. The molecule has 0 unspecified atom stereocenters. The van der Waals surface area contributed by atoms with E-state index in [1.165, 1.54) is 6.92 Å². The van der Waals surface area contributed by atoms with Crippen molar-refractivity contribution < 1.29 is 58.7 Å². The molecule has 0 aromatic heterocycles. The Morgan fingerprint density at radius 1 is 0.964 bits per heavy atom. The highest BCUT2D eigenvalue weighted by atomic mass is 16.7. The topological polar surface area (TPSA) is 192 Å². The standard InChI is InChI=1S/C40H75N3O12/c1-14-29-39(10,48)33(45)26(6)41-20-22(2)18-37(8,47)34(55-36-31(44)28(42(11)12)17-23(3)51-36)24(4)32(25(5)35(46)53-29)54-30-19-38(9,50-13)40(49,27(7)52-30)21-43-15-16-43/h22-34,36,41,44-45,47-49H,14-21H2,1-13H3/t22-,23-,24+,25-,26-,27+,28+,29-,30+,31-,32+,33-,34-,36+,37+,38-,39-,40-/m1/s1. The number of nitrogens with zero attached hydrogens (tertiary/aromatic N) is 2. The first-order valence-corrected chi connectivity index (χ1v) is 20.4. The van der Waals surface area contributed by atoms with Crippen LogP contribution in [0.3, 0.4) is 0 Å². The van der Waals surface area contributed by atoms with Crippen molar-refractivity contribution >= 4 is 5.97 Å². The van der Waals surface area contributed by atoms with Gasteiger partial charge in [-0.2, -0.15) is 0 Å². The maximum atomic E-state index is 14.3. The molecule has 0 radical (unpaired) electrons. The number of hydrogen-bond donors (Lipinski definition) is 6. The van der Waals surface area contributed by atoms with E-state index in [9.17, 15) is 30.3 Å². The Morgan fingerprint density at radius 3 is 2.16 bits per heavy atom. The summed E-state index contributed by atoms with van der Waals surface area (Å²) in [5.41, 5.74) is -5.83. The monoisotopic (exact) mass is 790 g/mol. The maximum Gasteiger partial charge on any atom is 0.311 e. The van der Waals surface area contributed by atoms with Crippen LogP contribution in [0.5, 0.6) is 0 Å². The van der Waals surface area contributed by atoms with E-state index >= 15 is 0 Å². The lowest BCUT2D eigenvalue weighted by molar-refractivity contribution is -0.337. The summed E-state index contributed by atoms with van der Waals surface area (Å²) in [6.07, 6.45) is -7.43. The lowest BCUT2D eigenvalue weighted by atomic mass is 9.75. The zero-order chi connectivity index (χ0) is 41.4. The van der Waals surface area contributed by atoms with Gasteiger partial charge in [0.2, 0.25) is 0 Å². The molecule has 55 heavy (non-hydrogen) atoms. The van der Waals surface area contributed by atoms with Crippen LogP contribution in [0.2, 0.25) is 0 Å². The fraction of sp³-hybridized carbons (Fsp3) is 0.975. The average molecular weight is 790 g/mol. The molecule has 0 aromatic carbocycles. The van der Waals surface area contributed by atoms with Gasteiger partial charge in [0.15, 0.2) is 12.6 Å². The van der Waals surface area contributed by atoms with Gasteiger partial charge < -0.3 is 64.2 Å². The van der Waals surface area contributed by atoms with Gasteiger partial charge in [-0.3, -0.25) is 9.69 Å². The first-order chi connectivity index (χ1) is 25.4. The highest BCUT2D eigenvalue weighted by Crippen LogP contribution is 2.44. The van der Waals surface area contributed by atoms with E-state index in [0.29, 0.717) is 19.5 Å².